The van der Waals surface area contributed by atoms with Crippen molar-refractivity contribution < 1.29 is 43.9 Å². The minimum absolute atomic E-state index is 0.160. The first-order valence-electron chi connectivity index (χ1n) is 28.0. The van der Waals surface area contributed by atoms with E-state index in [9.17, 15) is 38.0 Å². The molecule has 0 fully saturated rings. The van der Waals surface area contributed by atoms with Gasteiger partial charge in [-0.1, -0.05) is 106 Å². The summed E-state index contributed by atoms with van der Waals surface area (Å²) in [6.07, 6.45) is 6.34. The van der Waals surface area contributed by atoms with Crippen LogP contribution in [0.2, 0.25) is 0 Å². The number of nitrogens with zero attached hydrogens (tertiary/aromatic N) is 6. The van der Waals surface area contributed by atoms with Crippen LogP contribution in [0.15, 0.2) is 162 Å². The van der Waals surface area contributed by atoms with E-state index in [2.05, 4.69) is 29.1 Å². The molecule has 0 aliphatic carbocycles. The number of ether oxygens (including phenoxy) is 3. The first-order valence-corrected chi connectivity index (χ1v) is 29.5. The highest BCUT2D eigenvalue weighted by molar-refractivity contribution is 14.1. The third kappa shape index (κ3) is 22.0. The molecule has 0 aliphatic rings. The Balaban J connectivity index is 0.000000286. The van der Waals surface area contributed by atoms with Crippen molar-refractivity contribution >= 4 is 86.8 Å². The van der Waals surface area contributed by atoms with Gasteiger partial charge in [0.25, 0.3) is 5.91 Å². The summed E-state index contributed by atoms with van der Waals surface area (Å²) in [6.45, 7) is 20.5. The molecule has 7 rings (SSSR count). The second kappa shape index (κ2) is 33.6. The van der Waals surface area contributed by atoms with E-state index in [0.717, 1.165) is 36.8 Å². The van der Waals surface area contributed by atoms with Crippen LogP contribution in [-0.2, 0) is 14.2 Å². The topological polar surface area (TPSA) is 227 Å². The second-order valence-corrected chi connectivity index (χ2v) is 23.4. The number of hydrogen-bond acceptors (Lipinski definition) is 13. The third-order valence-electron chi connectivity index (χ3n) is 12.3. The summed E-state index contributed by atoms with van der Waals surface area (Å²) in [4.78, 5) is 97.6. The van der Waals surface area contributed by atoms with Crippen LogP contribution in [0.1, 0.15) is 151 Å². The maximum atomic E-state index is 12.9. The van der Waals surface area contributed by atoms with Crippen molar-refractivity contribution in [3.05, 3.63) is 208 Å². The number of carbonyl (C=O) groups is 5. The first-order chi connectivity index (χ1) is 40.7. The number of halogens is 3. The van der Waals surface area contributed by atoms with Crippen LogP contribution in [0.3, 0.4) is 0 Å². The van der Waals surface area contributed by atoms with Gasteiger partial charge in [0.15, 0.2) is 5.82 Å². The van der Waals surface area contributed by atoms with Crippen LogP contribution >= 0.6 is 45.2 Å². The van der Waals surface area contributed by atoms with E-state index in [-0.39, 0.29) is 41.8 Å². The Kier molecular flexibility index (Phi) is 26.9. The molecule has 2 atom stereocenters. The van der Waals surface area contributed by atoms with E-state index in [0.29, 0.717) is 48.3 Å². The number of nitrogens with two attached hydrogens (primary N) is 1. The zero-order valence-electron chi connectivity index (χ0n) is 50.5. The molecule has 21 heteroatoms. The fraction of sp³-hybridized carbons (Fsp3) is 0.328. The summed E-state index contributed by atoms with van der Waals surface area (Å²) in [7, 11) is -1.00. The molecule has 2 heterocycles. The Bertz CT molecular complexity index is 3390. The lowest BCUT2D eigenvalue weighted by molar-refractivity contribution is 0.0160. The molecule has 85 heavy (non-hydrogen) atoms. The number of anilines is 2. The zero-order chi connectivity index (χ0) is 63.7. The fourth-order valence-electron chi connectivity index (χ4n) is 7.83. The van der Waals surface area contributed by atoms with E-state index in [1.54, 1.807) is 107 Å². The smallest absolute Gasteiger partial charge is 0.410 e. The number of aromatic nitrogens is 4. The quantitative estimate of drug-likeness (QED) is 0.0398. The molecule has 0 bridgehead atoms. The Labute approximate surface area is 525 Å². The first kappa shape index (κ1) is 68.0. The predicted octanol–water partition coefficient (Wildman–Crippen LogP) is 14.0. The molecule has 5 aromatic carbocycles. The van der Waals surface area contributed by atoms with E-state index in [1.807, 2.05) is 155 Å². The van der Waals surface area contributed by atoms with Gasteiger partial charge >= 0.3 is 35.5 Å². The zero-order valence-corrected chi connectivity index (χ0v) is 53.8. The number of benzene rings is 5. The molecule has 0 spiro atoms. The number of alkyl halides is 1. The summed E-state index contributed by atoms with van der Waals surface area (Å²) in [6, 6.07) is 40.1. The Hall–Kier alpha value is -7.80. The van der Waals surface area contributed by atoms with Gasteiger partial charge in [-0.15, -0.1) is 0 Å². The number of unbranched alkanes of at least 4 members (excludes halogenated alkanes) is 2. The molecule has 3 N–H and O–H groups in total. The standard InChI is InChI=1S/C28H33IN4O4.C21H29IN4O3.C14H10O3.CH3F/c1-6-7-17-32(27(36)37-28(3,4)5)19(2)20-13-15-22(16-14-20)33-18-23(29)24(31-26(33)35)30-25(34)21-11-9-8-10-12-21;1-6-7-12-25(20(28)29-21(3,4)5)14(2)15-8-10-16(11-9-15)26-13-17(22)18(23)24-19(26)27;15-13(11-7-3-1-4-8-11)17-14(16)12-9-5-2-6-10-12;1-2/h8-16,18-19H,6-7,17H2,1-5H3,(H,30,31,34,35);8-11,13-14H,6-7,12H2,1-5H3,(H2,23,24,27);1-10H;1H3/t19-;14-;;/m00../s1/i;;;1D. The van der Waals surface area contributed by atoms with Crippen molar-refractivity contribution in [3.63, 3.8) is 0 Å². The van der Waals surface area contributed by atoms with Crippen LogP contribution in [0.25, 0.3) is 11.4 Å². The Morgan fingerprint density at radius 3 is 1.32 bits per heavy atom. The summed E-state index contributed by atoms with van der Waals surface area (Å²) in [5, 5.41) is 2.71. The van der Waals surface area contributed by atoms with Gasteiger partial charge in [0, 0.05) is 31.0 Å². The van der Waals surface area contributed by atoms with Gasteiger partial charge in [0.1, 0.15) is 17.0 Å². The molecule has 0 unspecified atom stereocenters. The van der Waals surface area contributed by atoms with Crippen molar-refractivity contribution in [2.24, 2.45) is 0 Å². The average Bonchev–Trinajstić information content (AvgIpc) is 3.32. The molecular formula is C64H75FI2N8O10. The van der Waals surface area contributed by atoms with E-state index in [1.165, 1.54) is 9.13 Å². The number of hydrogen-bond donors (Lipinski definition) is 2. The van der Waals surface area contributed by atoms with E-state index in [4.69, 9.17) is 21.3 Å². The summed E-state index contributed by atoms with van der Waals surface area (Å²) in [5.74, 6) is -1.18. The third-order valence-corrected chi connectivity index (χ3v) is 13.9. The highest BCUT2D eigenvalue weighted by Gasteiger charge is 2.28. The molecular weight excluding hydrogens is 1310 g/mol. The maximum Gasteiger partial charge on any atom is 0.410 e. The number of nitrogen functional groups attached to an aromatic ring is 1. The second-order valence-electron chi connectivity index (χ2n) is 21.0. The highest BCUT2D eigenvalue weighted by Crippen LogP contribution is 2.27. The summed E-state index contributed by atoms with van der Waals surface area (Å²) < 4.78 is 35.7. The van der Waals surface area contributed by atoms with Crippen LogP contribution in [0.4, 0.5) is 25.6 Å². The number of amides is 3. The van der Waals surface area contributed by atoms with Gasteiger partial charge in [-0.25, -0.2) is 28.8 Å². The average molecular weight is 1390 g/mol. The van der Waals surface area contributed by atoms with Crippen molar-refractivity contribution in [2.45, 2.75) is 118 Å². The predicted molar refractivity (Wildman–Crippen MR) is 346 cm³/mol. The summed E-state index contributed by atoms with van der Waals surface area (Å²) >= 11 is 4.09. The maximum absolute atomic E-state index is 12.9. The Morgan fingerprint density at radius 1 is 0.600 bits per heavy atom. The number of nitrogens with one attached hydrogen (secondary N) is 1. The highest BCUT2D eigenvalue weighted by atomic mass is 127. The molecule has 0 saturated heterocycles. The van der Waals surface area contributed by atoms with Crippen molar-refractivity contribution in [2.75, 3.05) is 31.3 Å². The lowest BCUT2D eigenvalue weighted by Gasteiger charge is -2.32. The summed E-state index contributed by atoms with van der Waals surface area (Å²) in [5.41, 5.74) is 8.02. The molecule has 18 nitrogen and oxygen atoms in total. The van der Waals surface area contributed by atoms with Gasteiger partial charge in [-0.2, -0.15) is 9.97 Å². The lowest BCUT2D eigenvalue weighted by atomic mass is 10.1. The largest absolute Gasteiger partial charge is 0.444 e. The molecule has 0 radical (unpaired) electrons. The van der Waals surface area contributed by atoms with Crippen LogP contribution in [0, 0.1) is 7.14 Å². The van der Waals surface area contributed by atoms with Crippen molar-refractivity contribution in [1.29, 1.82) is 0 Å². The number of rotatable bonds is 16. The SMILES string of the molecule is CCCCN(C(=O)OC(C)(C)C)[C@@H](C)c1ccc(-n2cc(I)c(N)nc2=O)cc1.CCCCN(C(=O)OC(C)(C)C)[C@@H](C)c1ccc(-n2cc(I)c(NC(=O)c3ccccc3)nc2=O)cc1.O=C(OC(=O)c1ccccc1)c1ccccc1.[2H]CF. The van der Waals surface area contributed by atoms with E-state index >= 15 is 0 Å². The molecule has 3 amide bonds. The fourth-order valence-corrected chi connectivity index (χ4v) is 8.76. The molecule has 7 aromatic rings. The Morgan fingerprint density at radius 2 is 0.953 bits per heavy atom. The number of carbonyl (C=O) groups excluding carboxylic acids is 5. The van der Waals surface area contributed by atoms with E-state index < -0.39 is 41.7 Å². The normalized spacial score (nSPS) is 11.7. The van der Waals surface area contributed by atoms with Gasteiger partial charge < -0.3 is 35.1 Å². The number of esters is 2. The molecule has 0 saturated carbocycles. The molecule has 452 valence electrons. The van der Waals surface area contributed by atoms with Gasteiger partial charge in [-0.3, -0.25) is 18.3 Å². The van der Waals surface area contributed by atoms with Crippen LogP contribution in [0.5, 0.6) is 0 Å². The minimum atomic E-state index is -1.00. The van der Waals surface area contributed by atoms with Crippen LogP contribution < -0.4 is 22.4 Å². The van der Waals surface area contributed by atoms with Crippen molar-refractivity contribution in [3.8, 4) is 11.4 Å². The molecule has 2 aromatic heterocycles. The minimum Gasteiger partial charge on any atom is -0.444 e. The monoisotopic (exact) mass is 1390 g/mol. The van der Waals surface area contributed by atoms with Gasteiger partial charge in [-0.05, 0) is 185 Å². The van der Waals surface area contributed by atoms with Crippen LogP contribution in [-0.4, -0.2) is 90.4 Å². The lowest BCUT2D eigenvalue weighted by Crippen LogP contribution is -2.39. The molecule has 0 aliphatic heterocycles. The van der Waals surface area contributed by atoms with Crippen molar-refractivity contribution in [1.82, 2.24) is 28.9 Å². The van der Waals surface area contributed by atoms with Gasteiger partial charge in [0.05, 0.1) is 50.3 Å². The van der Waals surface area contributed by atoms with Gasteiger partial charge in [0.2, 0.25) is 0 Å².